The maximum atomic E-state index is 11.5. The van der Waals surface area contributed by atoms with Crippen LogP contribution in [0.25, 0.3) is 0 Å². The molecule has 0 aliphatic heterocycles. The summed E-state index contributed by atoms with van der Waals surface area (Å²) in [6.07, 6.45) is -0.944. The molecule has 19 heavy (non-hydrogen) atoms. The van der Waals surface area contributed by atoms with Crippen molar-refractivity contribution in [3.8, 4) is 0 Å². The standard InChI is InChI=1S/C16H17NO2/c1-12-8-10-15(11-9-12)17(16(18)19)13(2)14-6-4-3-5-7-14/h3-11,13H,1-2H3,(H,18,19). The molecule has 0 aliphatic rings. The van der Waals surface area contributed by atoms with Crippen molar-refractivity contribution in [2.75, 3.05) is 4.90 Å². The van der Waals surface area contributed by atoms with E-state index in [1.165, 1.54) is 4.90 Å². The molecule has 0 bridgehead atoms. The minimum atomic E-state index is -0.944. The Morgan fingerprint density at radius 3 is 2.16 bits per heavy atom. The average Bonchev–Trinajstić information content (AvgIpc) is 2.42. The minimum Gasteiger partial charge on any atom is -0.465 e. The first-order chi connectivity index (χ1) is 9.09. The number of carbonyl (C=O) groups is 1. The lowest BCUT2D eigenvalue weighted by Crippen LogP contribution is -2.32. The van der Waals surface area contributed by atoms with Gasteiger partial charge in [-0.05, 0) is 31.5 Å². The molecule has 0 aliphatic carbocycles. The molecule has 2 aromatic rings. The zero-order chi connectivity index (χ0) is 13.8. The second-order valence-electron chi connectivity index (χ2n) is 4.57. The summed E-state index contributed by atoms with van der Waals surface area (Å²) >= 11 is 0. The summed E-state index contributed by atoms with van der Waals surface area (Å²) in [5.74, 6) is 0. The van der Waals surface area contributed by atoms with E-state index in [2.05, 4.69) is 0 Å². The average molecular weight is 255 g/mol. The summed E-state index contributed by atoms with van der Waals surface area (Å²) in [7, 11) is 0. The van der Waals surface area contributed by atoms with E-state index in [9.17, 15) is 9.90 Å². The molecular weight excluding hydrogens is 238 g/mol. The number of aryl methyl sites for hydroxylation is 1. The van der Waals surface area contributed by atoms with E-state index in [1.54, 1.807) is 0 Å². The van der Waals surface area contributed by atoms with Gasteiger partial charge in [0.15, 0.2) is 0 Å². The lowest BCUT2D eigenvalue weighted by Gasteiger charge is -2.27. The van der Waals surface area contributed by atoms with E-state index < -0.39 is 6.09 Å². The Morgan fingerprint density at radius 1 is 1.05 bits per heavy atom. The highest BCUT2D eigenvalue weighted by atomic mass is 16.4. The molecule has 3 nitrogen and oxygen atoms in total. The zero-order valence-electron chi connectivity index (χ0n) is 11.1. The smallest absolute Gasteiger partial charge is 0.412 e. The van der Waals surface area contributed by atoms with Crippen LogP contribution in [0.4, 0.5) is 10.5 Å². The third kappa shape index (κ3) is 2.94. The van der Waals surface area contributed by atoms with Crippen molar-refractivity contribution >= 4 is 11.8 Å². The van der Waals surface area contributed by atoms with Crippen LogP contribution in [0, 0.1) is 6.92 Å². The van der Waals surface area contributed by atoms with Gasteiger partial charge in [-0.15, -0.1) is 0 Å². The van der Waals surface area contributed by atoms with Crippen LogP contribution in [0.5, 0.6) is 0 Å². The topological polar surface area (TPSA) is 40.5 Å². The highest BCUT2D eigenvalue weighted by Crippen LogP contribution is 2.27. The van der Waals surface area contributed by atoms with Crippen LogP contribution < -0.4 is 4.90 Å². The minimum absolute atomic E-state index is 0.221. The van der Waals surface area contributed by atoms with E-state index >= 15 is 0 Å². The van der Waals surface area contributed by atoms with Crippen molar-refractivity contribution in [1.29, 1.82) is 0 Å². The largest absolute Gasteiger partial charge is 0.465 e. The SMILES string of the molecule is Cc1ccc(N(C(=O)O)C(C)c2ccccc2)cc1. The molecule has 1 atom stereocenters. The Labute approximate surface area is 113 Å². The first kappa shape index (κ1) is 13.1. The Morgan fingerprint density at radius 2 is 1.63 bits per heavy atom. The van der Waals surface area contributed by atoms with Crippen LogP contribution in [-0.4, -0.2) is 11.2 Å². The molecule has 0 radical (unpaired) electrons. The van der Waals surface area contributed by atoms with Gasteiger partial charge in [-0.2, -0.15) is 0 Å². The number of hydrogen-bond acceptors (Lipinski definition) is 1. The number of anilines is 1. The molecule has 0 saturated carbocycles. The van der Waals surface area contributed by atoms with E-state index in [0.29, 0.717) is 5.69 Å². The molecule has 98 valence electrons. The summed E-state index contributed by atoms with van der Waals surface area (Å²) < 4.78 is 0. The second-order valence-corrected chi connectivity index (χ2v) is 4.57. The maximum absolute atomic E-state index is 11.5. The lowest BCUT2D eigenvalue weighted by atomic mass is 10.1. The number of rotatable bonds is 3. The fourth-order valence-corrected chi connectivity index (χ4v) is 2.09. The fraction of sp³-hybridized carbons (Fsp3) is 0.188. The van der Waals surface area contributed by atoms with Crippen molar-refractivity contribution in [3.05, 3.63) is 65.7 Å². The molecule has 1 unspecified atom stereocenters. The second kappa shape index (κ2) is 5.57. The summed E-state index contributed by atoms with van der Waals surface area (Å²) in [5, 5.41) is 9.45. The highest BCUT2D eigenvalue weighted by molar-refractivity contribution is 5.87. The Bertz CT molecular complexity index is 549. The van der Waals surface area contributed by atoms with Crippen LogP contribution in [0.3, 0.4) is 0 Å². The van der Waals surface area contributed by atoms with E-state index in [-0.39, 0.29) is 6.04 Å². The first-order valence-electron chi connectivity index (χ1n) is 6.23. The summed E-state index contributed by atoms with van der Waals surface area (Å²) in [6, 6.07) is 16.9. The van der Waals surface area contributed by atoms with Gasteiger partial charge in [0.2, 0.25) is 0 Å². The monoisotopic (exact) mass is 255 g/mol. The number of benzene rings is 2. The van der Waals surface area contributed by atoms with Crippen LogP contribution in [0.15, 0.2) is 54.6 Å². The molecular formula is C16H17NO2. The van der Waals surface area contributed by atoms with E-state index in [4.69, 9.17) is 0 Å². The maximum Gasteiger partial charge on any atom is 0.412 e. The summed E-state index contributed by atoms with van der Waals surface area (Å²) in [4.78, 5) is 12.9. The molecule has 3 heteroatoms. The molecule has 0 fully saturated rings. The molecule has 0 saturated heterocycles. The van der Waals surface area contributed by atoms with Crippen molar-refractivity contribution in [2.24, 2.45) is 0 Å². The molecule has 2 rings (SSSR count). The summed E-state index contributed by atoms with van der Waals surface area (Å²) in [6.45, 7) is 3.87. The van der Waals surface area contributed by atoms with Gasteiger partial charge in [-0.1, -0.05) is 48.0 Å². The summed E-state index contributed by atoms with van der Waals surface area (Å²) in [5.41, 5.74) is 2.78. The van der Waals surface area contributed by atoms with Crippen molar-refractivity contribution < 1.29 is 9.90 Å². The van der Waals surface area contributed by atoms with E-state index in [1.807, 2.05) is 68.4 Å². The van der Waals surface area contributed by atoms with Gasteiger partial charge in [0, 0.05) is 5.69 Å². The van der Waals surface area contributed by atoms with Crippen LogP contribution in [0.2, 0.25) is 0 Å². The van der Waals surface area contributed by atoms with Gasteiger partial charge in [0.1, 0.15) is 0 Å². The number of hydrogen-bond donors (Lipinski definition) is 1. The molecule has 0 heterocycles. The molecule has 1 N–H and O–H groups in total. The Hall–Kier alpha value is -2.29. The van der Waals surface area contributed by atoms with Gasteiger partial charge < -0.3 is 5.11 Å². The third-order valence-electron chi connectivity index (χ3n) is 3.19. The number of nitrogens with zero attached hydrogens (tertiary/aromatic N) is 1. The van der Waals surface area contributed by atoms with Crippen molar-refractivity contribution in [2.45, 2.75) is 19.9 Å². The molecule has 1 amide bonds. The normalized spacial score (nSPS) is 11.9. The Balaban J connectivity index is 2.36. The highest BCUT2D eigenvalue weighted by Gasteiger charge is 2.22. The van der Waals surface area contributed by atoms with Gasteiger partial charge in [0.05, 0.1) is 6.04 Å². The zero-order valence-corrected chi connectivity index (χ0v) is 11.1. The van der Waals surface area contributed by atoms with Crippen molar-refractivity contribution in [1.82, 2.24) is 0 Å². The molecule has 0 spiro atoms. The fourth-order valence-electron chi connectivity index (χ4n) is 2.09. The first-order valence-corrected chi connectivity index (χ1v) is 6.23. The van der Waals surface area contributed by atoms with Gasteiger partial charge in [0.25, 0.3) is 0 Å². The lowest BCUT2D eigenvalue weighted by molar-refractivity contribution is 0.199. The predicted molar refractivity (Wildman–Crippen MR) is 76.5 cm³/mol. The third-order valence-corrected chi connectivity index (χ3v) is 3.19. The van der Waals surface area contributed by atoms with Crippen molar-refractivity contribution in [3.63, 3.8) is 0 Å². The van der Waals surface area contributed by atoms with Gasteiger partial charge >= 0.3 is 6.09 Å². The number of carboxylic acid groups (broad SMARTS) is 1. The predicted octanol–water partition coefficient (Wildman–Crippen LogP) is 4.24. The Kier molecular flexibility index (Phi) is 3.85. The van der Waals surface area contributed by atoms with Crippen LogP contribution in [-0.2, 0) is 0 Å². The van der Waals surface area contributed by atoms with E-state index in [0.717, 1.165) is 11.1 Å². The number of amides is 1. The van der Waals surface area contributed by atoms with Crippen LogP contribution in [0.1, 0.15) is 24.1 Å². The van der Waals surface area contributed by atoms with Gasteiger partial charge in [-0.3, -0.25) is 4.90 Å². The molecule has 2 aromatic carbocycles. The quantitative estimate of drug-likeness (QED) is 0.891. The van der Waals surface area contributed by atoms with Gasteiger partial charge in [-0.25, -0.2) is 4.79 Å². The molecule has 0 aromatic heterocycles. The van der Waals surface area contributed by atoms with Crippen LogP contribution >= 0.6 is 0 Å².